The van der Waals surface area contributed by atoms with Crippen molar-refractivity contribution >= 4 is 16.7 Å². The molecule has 6 heteroatoms. The molecule has 0 heterocycles. The average Bonchev–Trinajstić information content (AvgIpc) is 2.14. The molecule has 0 aliphatic rings. The Bertz CT molecular complexity index is 406. The van der Waals surface area contributed by atoms with E-state index in [9.17, 15) is 13.2 Å². The van der Waals surface area contributed by atoms with E-state index in [1.807, 2.05) is 0 Å². The van der Waals surface area contributed by atoms with Crippen molar-refractivity contribution in [2.75, 3.05) is 0 Å². The summed E-state index contributed by atoms with van der Waals surface area (Å²) in [5, 5.41) is 0. The Balaban J connectivity index is 2.65. The molecule has 1 aromatic carbocycles. The maximum atomic E-state index is 10.3. The van der Waals surface area contributed by atoms with Crippen molar-refractivity contribution in [2.45, 2.75) is 6.61 Å². The van der Waals surface area contributed by atoms with Crippen LogP contribution in [0.2, 0.25) is 0 Å². The van der Waals surface area contributed by atoms with Crippen LogP contribution >= 0.6 is 0 Å². The number of hydrogen-bond donors (Lipinski definition) is 1. The second-order valence-electron chi connectivity index (χ2n) is 2.55. The smallest absolute Gasteiger partial charge is 0.298 e. The Hall–Kier alpha value is -1.24. The minimum Gasteiger partial charge on any atom is -0.298 e. The third-order valence-corrected chi connectivity index (χ3v) is 1.91. The lowest BCUT2D eigenvalue weighted by Crippen LogP contribution is -2.03. The van der Waals surface area contributed by atoms with Crippen molar-refractivity contribution < 1.29 is 21.9 Å². The summed E-state index contributed by atoms with van der Waals surface area (Å²) >= 11 is 0. The Morgan fingerprint density at radius 2 is 1.86 bits per heavy atom. The molecule has 1 aromatic rings. The van der Waals surface area contributed by atoms with E-state index in [2.05, 4.69) is 4.18 Å². The zero-order valence-electron chi connectivity index (χ0n) is 7.08. The van der Waals surface area contributed by atoms with Crippen LogP contribution in [-0.4, -0.2) is 19.3 Å². The van der Waals surface area contributed by atoms with Gasteiger partial charge in [0.15, 0.2) is 0 Å². The van der Waals surface area contributed by atoms with Gasteiger partial charge in [-0.3, -0.25) is 9.35 Å². The van der Waals surface area contributed by atoms with Gasteiger partial charge in [0.1, 0.15) is 6.29 Å². The van der Waals surface area contributed by atoms with Gasteiger partial charge in [-0.15, -0.1) is 0 Å². The number of carbonyl (C=O) groups excluding carboxylic acids is 1. The maximum absolute atomic E-state index is 10.3. The number of carbonyl (C=O) groups is 1. The van der Waals surface area contributed by atoms with Crippen molar-refractivity contribution in [2.24, 2.45) is 0 Å². The van der Waals surface area contributed by atoms with Gasteiger partial charge in [0.2, 0.25) is 0 Å². The molecular weight excluding hydrogens is 208 g/mol. The summed E-state index contributed by atoms with van der Waals surface area (Å²) in [5.74, 6) is 0. The van der Waals surface area contributed by atoms with Gasteiger partial charge < -0.3 is 0 Å². The molecule has 0 amide bonds. The van der Waals surface area contributed by atoms with Crippen LogP contribution in [-0.2, 0) is 21.2 Å². The molecule has 14 heavy (non-hydrogen) atoms. The second-order valence-corrected chi connectivity index (χ2v) is 3.64. The molecule has 0 radical (unpaired) electrons. The van der Waals surface area contributed by atoms with Crippen LogP contribution < -0.4 is 0 Å². The Morgan fingerprint density at radius 1 is 1.29 bits per heavy atom. The molecular formula is C8H8O5S. The fraction of sp³-hybridized carbons (Fsp3) is 0.125. The number of hydrogen-bond acceptors (Lipinski definition) is 4. The summed E-state index contributed by atoms with van der Waals surface area (Å²) in [6, 6.07) is 6.12. The van der Waals surface area contributed by atoms with Gasteiger partial charge in [-0.2, -0.15) is 8.42 Å². The zero-order chi connectivity index (χ0) is 10.6. The van der Waals surface area contributed by atoms with E-state index >= 15 is 0 Å². The Labute approximate surface area is 81.3 Å². The highest BCUT2D eigenvalue weighted by atomic mass is 32.3. The Morgan fingerprint density at radius 3 is 2.29 bits per heavy atom. The highest BCUT2D eigenvalue weighted by Gasteiger charge is 2.04. The molecule has 0 atom stereocenters. The highest BCUT2D eigenvalue weighted by Crippen LogP contribution is 2.05. The lowest BCUT2D eigenvalue weighted by atomic mass is 10.2. The van der Waals surface area contributed by atoms with Crippen molar-refractivity contribution in [3.63, 3.8) is 0 Å². The zero-order valence-corrected chi connectivity index (χ0v) is 7.90. The number of aldehydes is 1. The van der Waals surface area contributed by atoms with Crippen LogP contribution in [0.5, 0.6) is 0 Å². The molecule has 0 saturated carbocycles. The van der Waals surface area contributed by atoms with Gasteiger partial charge in [-0.1, -0.05) is 24.3 Å². The molecule has 0 bridgehead atoms. The van der Waals surface area contributed by atoms with Gasteiger partial charge in [0.25, 0.3) is 0 Å². The summed E-state index contributed by atoms with van der Waals surface area (Å²) < 4.78 is 32.8. The third kappa shape index (κ3) is 3.65. The van der Waals surface area contributed by atoms with Crippen LogP contribution in [0.4, 0.5) is 0 Å². The summed E-state index contributed by atoms with van der Waals surface area (Å²) in [4.78, 5) is 10.3. The Kier molecular flexibility index (Phi) is 3.34. The maximum Gasteiger partial charge on any atom is 0.397 e. The largest absolute Gasteiger partial charge is 0.397 e. The first kappa shape index (κ1) is 10.8. The first-order chi connectivity index (χ1) is 6.51. The quantitative estimate of drug-likeness (QED) is 0.595. The average molecular weight is 216 g/mol. The summed E-state index contributed by atoms with van der Waals surface area (Å²) in [6.45, 7) is -0.252. The predicted molar refractivity (Wildman–Crippen MR) is 48.2 cm³/mol. The molecule has 0 fully saturated rings. The van der Waals surface area contributed by atoms with Gasteiger partial charge >= 0.3 is 10.4 Å². The molecule has 0 spiro atoms. The molecule has 5 nitrogen and oxygen atoms in total. The monoisotopic (exact) mass is 216 g/mol. The van der Waals surface area contributed by atoms with E-state index in [0.717, 1.165) is 0 Å². The van der Waals surface area contributed by atoms with Crippen LogP contribution in [0.25, 0.3) is 0 Å². The fourth-order valence-electron chi connectivity index (χ4n) is 0.835. The second kappa shape index (κ2) is 4.32. The van der Waals surface area contributed by atoms with Crippen molar-refractivity contribution in [3.05, 3.63) is 35.4 Å². The number of rotatable bonds is 4. The van der Waals surface area contributed by atoms with E-state index in [1.165, 1.54) is 24.3 Å². The van der Waals surface area contributed by atoms with E-state index < -0.39 is 10.4 Å². The predicted octanol–water partition coefficient (Wildman–Crippen LogP) is 0.819. The van der Waals surface area contributed by atoms with Crippen molar-refractivity contribution in [3.8, 4) is 0 Å². The van der Waals surface area contributed by atoms with Crippen molar-refractivity contribution in [1.82, 2.24) is 0 Å². The highest BCUT2D eigenvalue weighted by molar-refractivity contribution is 7.80. The molecule has 0 unspecified atom stereocenters. The van der Waals surface area contributed by atoms with E-state index in [4.69, 9.17) is 4.55 Å². The minimum absolute atomic E-state index is 0.252. The molecule has 0 aliphatic heterocycles. The van der Waals surface area contributed by atoms with Gasteiger partial charge in [-0.25, -0.2) is 4.18 Å². The summed E-state index contributed by atoms with van der Waals surface area (Å²) in [6.07, 6.45) is 0.674. The van der Waals surface area contributed by atoms with E-state index in [0.29, 0.717) is 17.4 Å². The van der Waals surface area contributed by atoms with Crippen LogP contribution in [0.3, 0.4) is 0 Å². The standard InChI is InChI=1S/C8H8O5S/c9-5-7-1-3-8(4-2-7)6-13-14(10,11)12/h1-5H,6H2,(H,10,11,12). The topological polar surface area (TPSA) is 80.7 Å². The summed E-state index contributed by atoms with van der Waals surface area (Å²) in [5.41, 5.74) is 1.04. The first-order valence-corrected chi connectivity index (χ1v) is 5.04. The minimum atomic E-state index is -4.41. The normalized spacial score (nSPS) is 11.2. The van der Waals surface area contributed by atoms with Crippen LogP contribution in [0.1, 0.15) is 15.9 Å². The lowest BCUT2D eigenvalue weighted by Gasteiger charge is -2.00. The van der Waals surface area contributed by atoms with Crippen LogP contribution in [0.15, 0.2) is 24.3 Å². The molecule has 1 N–H and O–H groups in total. The fourth-order valence-corrected chi connectivity index (χ4v) is 1.12. The van der Waals surface area contributed by atoms with E-state index in [-0.39, 0.29) is 6.61 Å². The third-order valence-electron chi connectivity index (χ3n) is 1.49. The SMILES string of the molecule is O=Cc1ccc(COS(=O)(=O)O)cc1. The van der Waals surface area contributed by atoms with Crippen LogP contribution in [0, 0.1) is 0 Å². The van der Waals surface area contributed by atoms with Gasteiger partial charge in [0.05, 0.1) is 6.61 Å². The molecule has 0 aromatic heterocycles. The van der Waals surface area contributed by atoms with Crippen molar-refractivity contribution in [1.29, 1.82) is 0 Å². The first-order valence-electron chi connectivity index (χ1n) is 3.67. The van der Waals surface area contributed by atoms with E-state index in [1.54, 1.807) is 0 Å². The van der Waals surface area contributed by atoms with Gasteiger partial charge in [-0.05, 0) is 5.56 Å². The molecule has 0 saturated heterocycles. The van der Waals surface area contributed by atoms with Gasteiger partial charge in [0, 0.05) is 5.56 Å². The molecule has 76 valence electrons. The molecule has 1 rings (SSSR count). The summed E-state index contributed by atoms with van der Waals surface area (Å²) in [7, 11) is -4.41. The number of benzene rings is 1. The molecule has 0 aliphatic carbocycles. The lowest BCUT2D eigenvalue weighted by molar-refractivity contribution is 0.112.